The highest BCUT2D eigenvalue weighted by Gasteiger charge is 2.48. The monoisotopic (exact) mass is 1030 g/mol. The number of rotatable bonds is 48. The van der Waals surface area contributed by atoms with E-state index in [-0.39, 0.29) is 19.6 Å². The zero-order chi connectivity index (χ0) is 52.4. The average Bonchev–Trinajstić information content (AvgIpc) is 3.36. The Bertz CT molecular complexity index is 1620. The van der Waals surface area contributed by atoms with E-state index in [0.29, 0.717) is 19.4 Å². The summed E-state index contributed by atoms with van der Waals surface area (Å²) < 4.78 is 59.3. The Kier molecular flexibility index (Phi) is 45.6. The third-order valence-electron chi connectivity index (χ3n) is 12.2. The quantitative estimate of drug-likeness (QED) is 0.0196. The Hall–Kier alpha value is -2.98. The van der Waals surface area contributed by atoms with Gasteiger partial charge in [-0.2, -0.15) is 8.42 Å². The minimum absolute atomic E-state index is 0.00641. The lowest BCUT2D eigenvalue weighted by Gasteiger charge is -2.41. The van der Waals surface area contributed by atoms with Gasteiger partial charge in [0.05, 0.1) is 19.8 Å². The van der Waals surface area contributed by atoms with Crippen LogP contribution >= 0.6 is 0 Å². The number of hydrogen-bond acceptors (Lipinski definition) is 11. The first-order valence-electron chi connectivity index (χ1n) is 28.0. The van der Waals surface area contributed by atoms with Crippen LogP contribution in [0.15, 0.2) is 97.2 Å². The molecule has 0 spiro atoms. The van der Waals surface area contributed by atoms with Gasteiger partial charge in [0, 0.05) is 13.0 Å². The number of allylic oxidation sites excluding steroid dienone is 16. The Morgan fingerprint density at radius 1 is 0.542 bits per heavy atom. The second-order valence-electron chi connectivity index (χ2n) is 18.8. The lowest BCUT2D eigenvalue weighted by Crippen LogP contribution is -2.60. The molecular weight excluding hydrogens is 933 g/mol. The van der Waals surface area contributed by atoms with Gasteiger partial charge in [-0.3, -0.25) is 9.35 Å². The van der Waals surface area contributed by atoms with Crippen molar-refractivity contribution < 1.29 is 56.2 Å². The maximum Gasteiger partial charge on any atom is 0.397 e. The number of aliphatic hydroxyl groups excluding tert-OH is 3. The van der Waals surface area contributed by atoms with Crippen LogP contribution in [0.4, 0.5) is 0 Å². The van der Waals surface area contributed by atoms with Crippen molar-refractivity contribution >= 4 is 16.4 Å². The van der Waals surface area contributed by atoms with Gasteiger partial charge >= 0.3 is 16.4 Å². The van der Waals surface area contributed by atoms with E-state index in [2.05, 4.69) is 109 Å². The van der Waals surface area contributed by atoms with Crippen molar-refractivity contribution in [1.29, 1.82) is 0 Å². The van der Waals surface area contributed by atoms with Crippen molar-refractivity contribution in [3.8, 4) is 0 Å². The molecule has 0 saturated carbocycles. The Morgan fingerprint density at radius 3 is 1.42 bits per heavy atom. The van der Waals surface area contributed by atoms with Crippen molar-refractivity contribution in [2.24, 2.45) is 0 Å². The van der Waals surface area contributed by atoms with E-state index in [1.54, 1.807) is 0 Å². The minimum Gasteiger partial charge on any atom is -0.457 e. The summed E-state index contributed by atoms with van der Waals surface area (Å²) in [4.78, 5) is 12.9. The van der Waals surface area contributed by atoms with E-state index in [0.717, 1.165) is 64.2 Å². The number of carbonyl (C=O) groups excluding carboxylic acids is 1. The first kappa shape index (κ1) is 67.0. The third-order valence-corrected chi connectivity index (χ3v) is 12.7. The first-order valence-corrected chi connectivity index (χ1v) is 29.4. The van der Waals surface area contributed by atoms with Gasteiger partial charge in [-0.1, -0.05) is 207 Å². The number of aliphatic hydroxyl groups is 3. The van der Waals surface area contributed by atoms with Crippen LogP contribution in [-0.4, -0.2) is 97.5 Å². The first-order chi connectivity index (χ1) is 35.1. The number of unbranched alkanes of at least 4 members (excludes halogenated alkanes) is 19. The molecule has 0 aliphatic carbocycles. The maximum absolute atomic E-state index is 12.9. The molecule has 0 radical (unpaired) electrons. The molecule has 4 N–H and O–H groups in total. The van der Waals surface area contributed by atoms with Crippen molar-refractivity contribution in [3.05, 3.63) is 97.2 Å². The summed E-state index contributed by atoms with van der Waals surface area (Å²) >= 11 is 0. The molecule has 6 unspecified atom stereocenters. The van der Waals surface area contributed by atoms with E-state index in [4.69, 9.17) is 18.9 Å². The minimum atomic E-state index is -5.08. The fraction of sp³-hybridized carbons (Fsp3) is 0.712. The summed E-state index contributed by atoms with van der Waals surface area (Å²) in [5.74, 6) is -0.458. The summed E-state index contributed by atoms with van der Waals surface area (Å²) in [6.45, 7) is 3.81. The summed E-state index contributed by atoms with van der Waals surface area (Å²) in [5, 5.41) is 30.8. The molecule has 0 aromatic rings. The molecule has 1 heterocycles. The number of esters is 1. The van der Waals surface area contributed by atoms with Gasteiger partial charge in [-0.15, -0.1) is 0 Å². The Balaban J connectivity index is 2.38. The highest BCUT2D eigenvalue weighted by atomic mass is 32.3. The molecule has 0 amide bonds. The molecule has 0 bridgehead atoms. The van der Waals surface area contributed by atoms with Crippen LogP contribution in [0.25, 0.3) is 0 Å². The number of ether oxygens (including phenoxy) is 4. The molecule has 1 fully saturated rings. The molecule has 6 atom stereocenters. The smallest absolute Gasteiger partial charge is 0.397 e. The second kappa shape index (κ2) is 48.9. The molecular formula is C59H100O12S. The van der Waals surface area contributed by atoms with Crippen LogP contribution in [0.2, 0.25) is 0 Å². The van der Waals surface area contributed by atoms with Gasteiger partial charge in [0.15, 0.2) is 6.29 Å². The lowest BCUT2D eigenvalue weighted by atomic mass is 9.99. The summed E-state index contributed by atoms with van der Waals surface area (Å²) in [5.41, 5.74) is 0. The van der Waals surface area contributed by atoms with Crippen LogP contribution in [0, 0.1) is 0 Å². The third kappa shape index (κ3) is 41.4. The van der Waals surface area contributed by atoms with Gasteiger partial charge in [0.1, 0.15) is 30.5 Å². The van der Waals surface area contributed by atoms with Crippen molar-refractivity contribution in [1.82, 2.24) is 0 Å². The maximum atomic E-state index is 12.9. The summed E-state index contributed by atoms with van der Waals surface area (Å²) in [6, 6.07) is 0. The van der Waals surface area contributed by atoms with E-state index in [9.17, 15) is 33.1 Å². The van der Waals surface area contributed by atoms with Crippen LogP contribution in [-0.2, 0) is 38.3 Å². The summed E-state index contributed by atoms with van der Waals surface area (Å²) in [7, 11) is -5.08. The molecule has 0 aromatic carbocycles. The second-order valence-corrected chi connectivity index (χ2v) is 19.8. The predicted molar refractivity (Wildman–Crippen MR) is 294 cm³/mol. The Labute approximate surface area is 437 Å². The average molecular weight is 1030 g/mol. The normalized spacial score (nSPS) is 19.7. The number of carbonyl (C=O) groups is 1. The molecule has 1 aliphatic heterocycles. The SMILES string of the molecule is CC/C=C\C/C=C\C/C=C\C/C=C\C/C=C\C/C=C\C/C=C\CCCC(=O)OC(COCCCCCCCCCCCC/C=C\CCCCCCCCCC)COC1OC(CO)C(O)C(OS(=O)(=O)O)C1O. The molecule has 12 nitrogen and oxygen atoms in total. The van der Waals surface area contributed by atoms with Crippen LogP contribution in [0.5, 0.6) is 0 Å². The van der Waals surface area contributed by atoms with Gasteiger partial charge < -0.3 is 34.3 Å². The van der Waals surface area contributed by atoms with E-state index < -0.39 is 59.8 Å². The van der Waals surface area contributed by atoms with Crippen LogP contribution < -0.4 is 0 Å². The molecule has 1 aliphatic rings. The van der Waals surface area contributed by atoms with Gasteiger partial charge in [0.2, 0.25) is 0 Å². The molecule has 414 valence electrons. The largest absolute Gasteiger partial charge is 0.457 e. The highest BCUT2D eigenvalue weighted by molar-refractivity contribution is 7.80. The highest BCUT2D eigenvalue weighted by Crippen LogP contribution is 2.26. The van der Waals surface area contributed by atoms with Gasteiger partial charge in [0.25, 0.3) is 0 Å². The van der Waals surface area contributed by atoms with Gasteiger partial charge in [-0.05, 0) is 89.9 Å². The molecule has 0 aromatic heterocycles. The van der Waals surface area contributed by atoms with E-state index in [1.807, 2.05) is 6.08 Å². The van der Waals surface area contributed by atoms with Gasteiger partial charge in [-0.25, -0.2) is 4.18 Å². The standard InChI is InChI=1S/C59H100O12S/c1-3-5-7-9-11-13-15-17-19-21-23-25-27-28-30-32-34-36-38-40-42-44-46-48-55(61)69-53(52-68-59-57(63)58(71-72(64,65)66)56(62)54(50-60)70-59)51-67-49-47-45-43-41-39-37-35-33-31-29-26-24-22-20-18-16-14-12-10-8-6-4-2/h5,7,11,13,17,19,22-25,28,30,34,36,40,42,53-54,56-60,62-63H,3-4,6,8-10,12,14-16,18,20-21,26-27,29,31-33,35,37-39,41,43-52H2,1-2H3,(H,64,65,66)/b7-5-,13-11-,19-17-,24-22-,25-23-,30-28-,36-34-,42-40-. The zero-order valence-electron chi connectivity index (χ0n) is 44.7. The van der Waals surface area contributed by atoms with Crippen LogP contribution in [0.3, 0.4) is 0 Å². The van der Waals surface area contributed by atoms with Crippen molar-refractivity contribution in [2.45, 2.75) is 243 Å². The van der Waals surface area contributed by atoms with E-state index >= 15 is 0 Å². The molecule has 72 heavy (non-hydrogen) atoms. The molecule has 13 heteroatoms. The van der Waals surface area contributed by atoms with Crippen molar-refractivity contribution in [2.75, 3.05) is 26.4 Å². The topological polar surface area (TPSA) is 178 Å². The number of hydrogen-bond donors (Lipinski definition) is 4. The van der Waals surface area contributed by atoms with Crippen LogP contribution in [0.1, 0.15) is 206 Å². The fourth-order valence-corrected chi connectivity index (χ4v) is 8.52. The fourth-order valence-electron chi connectivity index (χ4n) is 8.01. The predicted octanol–water partition coefficient (Wildman–Crippen LogP) is 13.8. The van der Waals surface area contributed by atoms with E-state index in [1.165, 1.54) is 109 Å². The van der Waals surface area contributed by atoms with Crippen molar-refractivity contribution in [3.63, 3.8) is 0 Å². The summed E-state index contributed by atoms with van der Waals surface area (Å²) in [6.07, 6.45) is 58.8. The Morgan fingerprint density at radius 2 is 0.958 bits per heavy atom. The zero-order valence-corrected chi connectivity index (χ0v) is 45.5. The molecule has 1 rings (SSSR count). The molecule has 1 saturated heterocycles. The lowest BCUT2D eigenvalue weighted by molar-refractivity contribution is -0.301.